The summed E-state index contributed by atoms with van der Waals surface area (Å²) < 4.78 is 5.09. The number of carbonyl (C=O) groups excluding carboxylic acids is 1. The fraction of sp³-hybridized carbons (Fsp3) is 0.273. The molecule has 0 bridgehead atoms. The molecule has 0 aromatic heterocycles. The Morgan fingerprint density at radius 2 is 2.38 bits per heavy atom. The Kier molecular flexibility index (Phi) is 4.67. The average Bonchev–Trinajstić information content (AvgIpc) is 2.29. The number of hydrogen-bond donors (Lipinski definition) is 1. The lowest BCUT2D eigenvalue weighted by Crippen LogP contribution is -2.15. The molecular formula is C11H12N2O2S. The average molecular weight is 236 g/mol. The molecule has 0 aliphatic rings. The monoisotopic (exact) mass is 236 g/mol. The van der Waals surface area contributed by atoms with Gasteiger partial charge in [-0.1, -0.05) is 6.07 Å². The van der Waals surface area contributed by atoms with E-state index in [9.17, 15) is 4.79 Å². The van der Waals surface area contributed by atoms with Gasteiger partial charge in [0, 0.05) is 0 Å². The number of nitrogens with zero attached hydrogens (tertiary/aromatic N) is 1. The van der Waals surface area contributed by atoms with Gasteiger partial charge in [0.1, 0.15) is 17.5 Å². The van der Waals surface area contributed by atoms with Gasteiger partial charge < -0.3 is 10.1 Å². The van der Waals surface area contributed by atoms with Crippen molar-refractivity contribution in [3.63, 3.8) is 0 Å². The van der Waals surface area contributed by atoms with Gasteiger partial charge in [0.25, 0.3) is 0 Å². The quantitative estimate of drug-likeness (QED) is 0.866. The SMILES string of the molecule is COc1cccc(C#N)c1NC(=O)CSC. The molecule has 0 heterocycles. The van der Waals surface area contributed by atoms with Crippen LogP contribution in [-0.4, -0.2) is 25.0 Å². The highest BCUT2D eigenvalue weighted by atomic mass is 32.2. The van der Waals surface area contributed by atoms with Gasteiger partial charge >= 0.3 is 0 Å². The van der Waals surface area contributed by atoms with Crippen LogP contribution in [0.3, 0.4) is 0 Å². The number of hydrogen-bond acceptors (Lipinski definition) is 4. The molecule has 0 saturated heterocycles. The van der Waals surface area contributed by atoms with Crippen molar-refractivity contribution in [2.45, 2.75) is 0 Å². The zero-order valence-corrected chi connectivity index (χ0v) is 9.93. The number of nitrogens with one attached hydrogen (secondary N) is 1. The van der Waals surface area contributed by atoms with Gasteiger partial charge in [0.15, 0.2) is 0 Å². The van der Waals surface area contributed by atoms with Crippen molar-refractivity contribution in [3.8, 4) is 11.8 Å². The number of anilines is 1. The summed E-state index contributed by atoms with van der Waals surface area (Å²) in [6.07, 6.45) is 1.84. The van der Waals surface area contributed by atoms with E-state index in [0.29, 0.717) is 22.8 Å². The predicted molar refractivity (Wildman–Crippen MR) is 64.7 cm³/mol. The van der Waals surface area contributed by atoms with Crippen LogP contribution in [0.2, 0.25) is 0 Å². The van der Waals surface area contributed by atoms with Crippen LogP contribution < -0.4 is 10.1 Å². The highest BCUT2D eigenvalue weighted by molar-refractivity contribution is 7.99. The van der Waals surface area contributed by atoms with E-state index in [1.165, 1.54) is 18.9 Å². The second kappa shape index (κ2) is 6.03. The third kappa shape index (κ3) is 2.91. The molecule has 16 heavy (non-hydrogen) atoms. The van der Waals surface area contributed by atoms with Crippen LogP contribution in [0.1, 0.15) is 5.56 Å². The van der Waals surface area contributed by atoms with Crippen molar-refractivity contribution >= 4 is 23.4 Å². The van der Waals surface area contributed by atoms with E-state index in [1.807, 2.05) is 12.3 Å². The van der Waals surface area contributed by atoms with Crippen molar-refractivity contribution in [1.29, 1.82) is 5.26 Å². The lowest BCUT2D eigenvalue weighted by Gasteiger charge is -2.10. The first-order valence-electron chi connectivity index (χ1n) is 4.58. The van der Waals surface area contributed by atoms with E-state index in [0.717, 1.165) is 0 Å². The summed E-state index contributed by atoms with van der Waals surface area (Å²) in [5, 5.41) is 11.6. The number of nitriles is 1. The summed E-state index contributed by atoms with van der Waals surface area (Å²) in [4.78, 5) is 11.5. The fourth-order valence-corrected chi connectivity index (χ4v) is 1.56. The minimum absolute atomic E-state index is 0.145. The summed E-state index contributed by atoms with van der Waals surface area (Å²) in [7, 11) is 1.50. The predicted octanol–water partition coefficient (Wildman–Crippen LogP) is 1.87. The molecule has 0 atom stereocenters. The van der Waals surface area contributed by atoms with Gasteiger partial charge in [-0.2, -0.15) is 17.0 Å². The number of benzene rings is 1. The Hall–Kier alpha value is -1.67. The van der Waals surface area contributed by atoms with Crippen molar-refractivity contribution in [1.82, 2.24) is 0 Å². The lowest BCUT2D eigenvalue weighted by molar-refractivity contribution is -0.113. The fourth-order valence-electron chi connectivity index (χ4n) is 1.23. The Morgan fingerprint density at radius 3 is 2.94 bits per heavy atom. The maximum absolute atomic E-state index is 11.5. The second-order valence-electron chi connectivity index (χ2n) is 2.98. The van der Waals surface area contributed by atoms with Crippen LogP contribution in [0.5, 0.6) is 5.75 Å². The number of thioether (sulfide) groups is 1. The summed E-state index contributed by atoms with van der Waals surface area (Å²) >= 11 is 1.42. The van der Waals surface area contributed by atoms with Gasteiger partial charge in [0.05, 0.1) is 18.4 Å². The number of ether oxygens (including phenoxy) is 1. The molecule has 0 saturated carbocycles. The summed E-state index contributed by atoms with van der Waals surface area (Å²) in [6.45, 7) is 0. The van der Waals surface area contributed by atoms with Crippen LogP contribution in [-0.2, 0) is 4.79 Å². The summed E-state index contributed by atoms with van der Waals surface area (Å²) in [6, 6.07) is 7.07. The molecule has 1 aromatic carbocycles. The molecule has 1 N–H and O–H groups in total. The number of amides is 1. The van der Waals surface area contributed by atoms with Crippen molar-refractivity contribution in [3.05, 3.63) is 23.8 Å². The number of methoxy groups -OCH3 is 1. The molecule has 0 unspecified atom stereocenters. The molecular weight excluding hydrogens is 224 g/mol. The molecule has 1 aromatic rings. The molecule has 5 heteroatoms. The highest BCUT2D eigenvalue weighted by Crippen LogP contribution is 2.27. The largest absolute Gasteiger partial charge is 0.495 e. The van der Waals surface area contributed by atoms with Crippen molar-refractivity contribution in [2.24, 2.45) is 0 Å². The normalized spacial score (nSPS) is 9.31. The van der Waals surface area contributed by atoms with E-state index in [4.69, 9.17) is 10.00 Å². The first kappa shape index (κ1) is 12.4. The van der Waals surface area contributed by atoms with Gasteiger partial charge in [-0.3, -0.25) is 4.79 Å². The summed E-state index contributed by atoms with van der Waals surface area (Å²) in [5.41, 5.74) is 0.834. The van der Waals surface area contributed by atoms with Crippen LogP contribution in [0.25, 0.3) is 0 Å². The maximum Gasteiger partial charge on any atom is 0.234 e. The van der Waals surface area contributed by atoms with Gasteiger partial charge in [-0.15, -0.1) is 0 Å². The molecule has 1 amide bonds. The lowest BCUT2D eigenvalue weighted by atomic mass is 10.2. The standard InChI is InChI=1S/C11H12N2O2S/c1-15-9-5-3-4-8(6-12)11(9)13-10(14)7-16-2/h3-5H,7H2,1-2H3,(H,13,14). The Labute approximate surface area is 98.6 Å². The molecule has 0 radical (unpaired) electrons. The first-order valence-corrected chi connectivity index (χ1v) is 5.98. The number of rotatable bonds is 4. The maximum atomic E-state index is 11.5. The van der Waals surface area contributed by atoms with Crippen LogP contribution in [0.4, 0.5) is 5.69 Å². The molecule has 0 spiro atoms. The highest BCUT2D eigenvalue weighted by Gasteiger charge is 2.11. The molecule has 84 valence electrons. The van der Waals surface area contributed by atoms with E-state index < -0.39 is 0 Å². The van der Waals surface area contributed by atoms with Crippen LogP contribution >= 0.6 is 11.8 Å². The molecule has 4 nitrogen and oxygen atoms in total. The smallest absolute Gasteiger partial charge is 0.234 e. The molecule has 0 aliphatic heterocycles. The third-order valence-corrected chi connectivity index (χ3v) is 2.46. The van der Waals surface area contributed by atoms with E-state index in [2.05, 4.69) is 5.32 Å². The van der Waals surface area contributed by atoms with E-state index in [-0.39, 0.29) is 5.91 Å². The topological polar surface area (TPSA) is 62.1 Å². The van der Waals surface area contributed by atoms with Gasteiger partial charge in [-0.25, -0.2) is 0 Å². The minimum atomic E-state index is -0.145. The van der Waals surface area contributed by atoms with Crippen LogP contribution in [0, 0.1) is 11.3 Å². The Bertz CT molecular complexity index is 426. The van der Waals surface area contributed by atoms with Gasteiger partial charge in [-0.05, 0) is 18.4 Å². The van der Waals surface area contributed by atoms with E-state index in [1.54, 1.807) is 18.2 Å². The minimum Gasteiger partial charge on any atom is -0.495 e. The molecule has 1 rings (SSSR count). The van der Waals surface area contributed by atoms with Crippen molar-refractivity contribution in [2.75, 3.05) is 24.4 Å². The Morgan fingerprint density at radius 1 is 1.62 bits per heavy atom. The zero-order chi connectivity index (χ0) is 12.0. The third-order valence-electron chi connectivity index (χ3n) is 1.91. The summed E-state index contributed by atoms with van der Waals surface area (Å²) in [5.74, 6) is 0.699. The molecule has 0 fully saturated rings. The number of para-hydroxylation sites is 1. The Balaban J connectivity index is 3.01. The van der Waals surface area contributed by atoms with Crippen molar-refractivity contribution < 1.29 is 9.53 Å². The van der Waals surface area contributed by atoms with E-state index >= 15 is 0 Å². The van der Waals surface area contributed by atoms with Gasteiger partial charge in [0.2, 0.25) is 5.91 Å². The van der Waals surface area contributed by atoms with Crippen LogP contribution in [0.15, 0.2) is 18.2 Å². The second-order valence-corrected chi connectivity index (χ2v) is 3.84. The first-order chi connectivity index (χ1) is 7.72. The zero-order valence-electron chi connectivity index (χ0n) is 9.11. The molecule has 0 aliphatic carbocycles. The number of carbonyl (C=O) groups is 1.